The summed E-state index contributed by atoms with van der Waals surface area (Å²) in [5.74, 6) is 0.0651. The molecule has 126 valence electrons. The first kappa shape index (κ1) is 17.5. The summed E-state index contributed by atoms with van der Waals surface area (Å²) in [4.78, 5) is 4.16. The highest BCUT2D eigenvalue weighted by atomic mass is 79.9. The third-order valence-corrected chi connectivity index (χ3v) is 5.05. The van der Waals surface area contributed by atoms with Crippen molar-refractivity contribution in [3.05, 3.63) is 57.0 Å². The Bertz CT molecular complexity index is 1030. The Balaban J connectivity index is 2.05. The van der Waals surface area contributed by atoms with Crippen LogP contribution in [-0.2, 0) is 6.18 Å². The van der Waals surface area contributed by atoms with Gasteiger partial charge in [0.05, 0.1) is 25.8 Å². The number of aromatic nitrogens is 1. The molecule has 0 spiro atoms. The molecule has 0 saturated heterocycles. The predicted octanol–water partition coefficient (Wildman–Crippen LogP) is 5.85. The highest BCUT2D eigenvalue weighted by Gasteiger charge is 2.30. The van der Waals surface area contributed by atoms with Crippen LogP contribution in [0, 0.1) is 11.3 Å². The van der Waals surface area contributed by atoms with Crippen LogP contribution in [0.2, 0.25) is 0 Å². The Morgan fingerprint density at radius 1 is 1.24 bits per heavy atom. The van der Waals surface area contributed by atoms with Crippen LogP contribution in [0.5, 0.6) is 5.75 Å². The highest BCUT2D eigenvalue weighted by molar-refractivity contribution is 9.10. The lowest BCUT2D eigenvalue weighted by Crippen LogP contribution is -2.03. The Hall–Kier alpha value is -2.37. The van der Waals surface area contributed by atoms with E-state index in [2.05, 4.69) is 20.9 Å². The van der Waals surface area contributed by atoms with Gasteiger partial charge in [0.2, 0.25) is 0 Å². The first-order valence-electron chi connectivity index (χ1n) is 6.86. The molecule has 1 N–H and O–H groups in total. The maximum atomic E-state index is 12.8. The van der Waals surface area contributed by atoms with E-state index >= 15 is 0 Å². The summed E-state index contributed by atoms with van der Waals surface area (Å²) in [7, 11) is 0. The number of benzene rings is 2. The Kier molecular flexibility index (Phi) is 4.54. The number of hydrogen-bond donors (Lipinski definition) is 1. The second-order valence-corrected chi connectivity index (χ2v) is 6.96. The molecule has 1 aromatic heterocycles. The van der Waals surface area contributed by atoms with Gasteiger partial charge in [0.25, 0.3) is 0 Å². The zero-order valence-corrected chi connectivity index (χ0v) is 14.7. The molecule has 8 heteroatoms. The van der Waals surface area contributed by atoms with E-state index in [0.717, 1.165) is 23.5 Å². The molecule has 0 unspecified atom stereocenters. The average molecular weight is 425 g/mol. The number of alkyl halides is 3. The standard InChI is InChI=1S/C17H8BrF3N2OS/c18-12-6-9(1-3-14(12)24)5-10(8-22)16-23-13-7-11(17(19,20)21)2-4-15(13)25-16/h1-7,24H. The number of rotatable bonds is 2. The topological polar surface area (TPSA) is 56.9 Å². The summed E-state index contributed by atoms with van der Waals surface area (Å²) in [5, 5.41) is 19.2. The summed E-state index contributed by atoms with van der Waals surface area (Å²) in [6.07, 6.45) is -2.88. The first-order valence-corrected chi connectivity index (χ1v) is 8.47. The lowest BCUT2D eigenvalue weighted by Gasteiger charge is -2.04. The first-order chi connectivity index (χ1) is 11.8. The third-order valence-electron chi connectivity index (χ3n) is 3.35. The summed E-state index contributed by atoms with van der Waals surface area (Å²) in [6.45, 7) is 0. The number of nitrogens with zero attached hydrogens (tertiary/aromatic N) is 2. The second-order valence-electron chi connectivity index (χ2n) is 5.08. The molecule has 0 bridgehead atoms. The Labute approximate surface area is 152 Å². The van der Waals surface area contributed by atoms with Crippen LogP contribution in [0.25, 0.3) is 21.9 Å². The van der Waals surface area contributed by atoms with Crippen molar-refractivity contribution in [2.75, 3.05) is 0 Å². The molecule has 0 aliphatic heterocycles. The quantitative estimate of drug-likeness (QED) is 0.525. The number of hydrogen-bond acceptors (Lipinski definition) is 4. The number of aromatic hydroxyl groups is 1. The Morgan fingerprint density at radius 3 is 2.64 bits per heavy atom. The van der Waals surface area contributed by atoms with Gasteiger partial charge < -0.3 is 5.11 Å². The molecule has 0 aliphatic carbocycles. The molecule has 0 fully saturated rings. The highest BCUT2D eigenvalue weighted by Crippen LogP contribution is 2.34. The molecule has 0 atom stereocenters. The van der Waals surface area contributed by atoms with E-state index in [1.807, 2.05) is 6.07 Å². The fourth-order valence-electron chi connectivity index (χ4n) is 2.14. The van der Waals surface area contributed by atoms with E-state index in [1.165, 1.54) is 12.1 Å². The van der Waals surface area contributed by atoms with Gasteiger partial charge in [0.1, 0.15) is 16.8 Å². The van der Waals surface area contributed by atoms with Crippen molar-refractivity contribution in [3.8, 4) is 11.8 Å². The van der Waals surface area contributed by atoms with E-state index in [9.17, 15) is 23.5 Å². The summed E-state index contributed by atoms with van der Waals surface area (Å²) in [6, 6.07) is 10.1. The van der Waals surface area contributed by atoms with Gasteiger partial charge in [-0.15, -0.1) is 11.3 Å². The summed E-state index contributed by atoms with van der Waals surface area (Å²) >= 11 is 4.33. The van der Waals surface area contributed by atoms with Crippen LogP contribution in [0.15, 0.2) is 40.9 Å². The lowest BCUT2D eigenvalue weighted by molar-refractivity contribution is -0.137. The zero-order chi connectivity index (χ0) is 18.2. The van der Waals surface area contributed by atoms with Crippen molar-refractivity contribution in [1.29, 1.82) is 5.26 Å². The number of nitriles is 1. The minimum atomic E-state index is -4.44. The van der Waals surface area contributed by atoms with Gasteiger partial charge in [-0.2, -0.15) is 18.4 Å². The van der Waals surface area contributed by atoms with Crippen molar-refractivity contribution in [2.24, 2.45) is 0 Å². The molecule has 3 nitrogen and oxygen atoms in total. The summed E-state index contributed by atoms with van der Waals surface area (Å²) in [5.41, 5.74) is 0.300. The number of fused-ring (bicyclic) bond motifs is 1. The smallest absolute Gasteiger partial charge is 0.416 e. The molecule has 0 aliphatic rings. The van der Waals surface area contributed by atoms with Crippen molar-refractivity contribution < 1.29 is 18.3 Å². The van der Waals surface area contributed by atoms with Gasteiger partial charge in [-0.05, 0) is 57.9 Å². The van der Waals surface area contributed by atoms with Crippen LogP contribution in [0.1, 0.15) is 16.1 Å². The SMILES string of the molecule is N#CC(=Cc1ccc(O)c(Br)c1)c1nc2cc(C(F)(F)F)ccc2s1. The fraction of sp³-hybridized carbons (Fsp3) is 0.0588. The molecule has 0 radical (unpaired) electrons. The molecule has 3 rings (SSSR count). The predicted molar refractivity (Wildman–Crippen MR) is 93.9 cm³/mol. The number of allylic oxidation sites excluding steroid dienone is 1. The van der Waals surface area contributed by atoms with Gasteiger partial charge in [0, 0.05) is 0 Å². The van der Waals surface area contributed by atoms with Gasteiger partial charge in [0.15, 0.2) is 0 Å². The van der Waals surface area contributed by atoms with Crippen LogP contribution in [-0.4, -0.2) is 10.1 Å². The van der Waals surface area contributed by atoms with E-state index < -0.39 is 11.7 Å². The molecule has 0 amide bonds. The number of phenolic OH excluding ortho intramolecular Hbond substituents is 1. The van der Waals surface area contributed by atoms with Crippen LogP contribution in [0.3, 0.4) is 0 Å². The third kappa shape index (κ3) is 3.67. The van der Waals surface area contributed by atoms with E-state index in [1.54, 1.807) is 18.2 Å². The fourth-order valence-corrected chi connectivity index (χ4v) is 3.45. The van der Waals surface area contributed by atoms with Crippen LogP contribution in [0.4, 0.5) is 13.2 Å². The average Bonchev–Trinajstić information content (AvgIpc) is 2.97. The number of halogens is 4. The normalized spacial score (nSPS) is 12.4. The molecular formula is C17H8BrF3N2OS. The molecule has 25 heavy (non-hydrogen) atoms. The van der Waals surface area contributed by atoms with Crippen molar-refractivity contribution >= 4 is 49.1 Å². The Morgan fingerprint density at radius 2 is 2.00 bits per heavy atom. The lowest BCUT2D eigenvalue weighted by atomic mass is 10.1. The zero-order valence-electron chi connectivity index (χ0n) is 12.3. The maximum Gasteiger partial charge on any atom is 0.416 e. The monoisotopic (exact) mass is 424 g/mol. The van der Waals surface area contributed by atoms with Crippen molar-refractivity contribution in [1.82, 2.24) is 4.98 Å². The van der Waals surface area contributed by atoms with E-state index in [4.69, 9.17) is 0 Å². The molecular weight excluding hydrogens is 417 g/mol. The minimum Gasteiger partial charge on any atom is -0.507 e. The van der Waals surface area contributed by atoms with E-state index in [0.29, 0.717) is 19.7 Å². The molecule has 0 saturated carbocycles. The maximum absolute atomic E-state index is 12.8. The largest absolute Gasteiger partial charge is 0.507 e. The van der Waals surface area contributed by atoms with Gasteiger partial charge in [-0.1, -0.05) is 6.07 Å². The van der Waals surface area contributed by atoms with Gasteiger partial charge >= 0.3 is 6.18 Å². The molecule has 2 aromatic carbocycles. The van der Waals surface area contributed by atoms with Crippen molar-refractivity contribution in [2.45, 2.75) is 6.18 Å². The number of phenols is 1. The molecule has 1 heterocycles. The van der Waals surface area contributed by atoms with Crippen molar-refractivity contribution in [3.63, 3.8) is 0 Å². The van der Waals surface area contributed by atoms with Gasteiger partial charge in [-0.3, -0.25) is 0 Å². The van der Waals surface area contributed by atoms with E-state index in [-0.39, 0.29) is 16.8 Å². The molecule has 3 aromatic rings. The van der Waals surface area contributed by atoms with Gasteiger partial charge in [-0.25, -0.2) is 4.98 Å². The second kappa shape index (κ2) is 6.50. The minimum absolute atomic E-state index is 0.0651. The van der Waals surface area contributed by atoms with Crippen LogP contribution < -0.4 is 0 Å². The van der Waals surface area contributed by atoms with Crippen LogP contribution >= 0.6 is 27.3 Å². The number of thiazole rings is 1. The summed E-state index contributed by atoms with van der Waals surface area (Å²) < 4.78 is 39.4.